The average molecular weight is 939 g/mol. The zero-order valence-electron chi connectivity index (χ0n) is 45.3. The Kier molecular flexibility index (Phi) is 10.1. The highest BCUT2D eigenvalue weighted by atomic mass is 15.2. The lowest BCUT2D eigenvalue weighted by Crippen LogP contribution is -2.62. The molecule has 4 aliphatic rings. The third kappa shape index (κ3) is 6.89. The van der Waals surface area contributed by atoms with E-state index in [2.05, 4.69) is 258 Å². The minimum atomic E-state index is -0.293. The van der Waals surface area contributed by atoms with E-state index in [-0.39, 0.29) is 33.9 Å². The van der Waals surface area contributed by atoms with Crippen LogP contribution in [-0.2, 0) is 27.1 Å². The summed E-state index contributed by atoms with van der Waals surface area (Å²) >= 11 is 0. The van der Waals surface area contributed by atoms with Crippen molar-refractivity contribution < 1.29 is 0 Å². The number of hydrogen-bond donors (Lipinski definition) is 0. The molecule has 0 radical (unpaired) electrons. The first-order chi connectivity index (χ1) is 34.1. The molecule has 0 amide bonds. The van der Waals surface area contributed by atoms with Crippen LogP contribution in [0.3, 0.4) is 0 Å². The summed E-state index contributed by atoms with van der Waals surface area (Å²) in [4.78, 5) is 5.52. The Bertz CT molecular complexity index is 3520. The molecule has 0 unspecified atom stereocenters. The van der Waals surface area contributed by atoms with Crippen LogP contribution in [0.1, 0.15) is 140 Å². The van der Waals surface area contributed by atoms with E-state index < -0.39 is 0 Å². The molecule has 8 aromatic rings. The number of hydrogen-bond acceptors (Lipinski definition) is 2. The van der Waals surface area contributed by atoms with Crippen LogP contribution >= 0.6 is 0 Å². The Morgan fingerprint density at radius 3 is 1.75 bits per heavy atom. The van der Waals surface area contributed by atoms with Gasteiger partial charge in [-0.3, -0.25) is 0 Å². The maximum absolute atomic E-state index is 2.77. The minimum absolute atomic E-state index is 0.0228. The quantitative estimate of drug-likeness (QED) is 0.162. The first-order valence-corrected chi connectivity index (χ1v) is 26.7. The largest absolute Gasteiger partial charge is 0.376 e. The highest BCUT2D eigenvalue weighted by Crippen LogP contribution is 2.59. The third-order valence-electron chi connectivity index (χ3n) is 17.7. The number of anilines is 5. The molecule has 0 saturated carbocycles. The fraction of sp³-hybridized carbons (Fsp3) is 0.304. The molecule has 8 aromatic carbocycles. The van der Waals surface area contributed by atoms with Crippen LogP contribution < -0.4 is 20.6 Å². The summed E-state index contributed by atoms with van der Waals surface area (Å²) in [6.07, 6.45) is 2.31. The van der Waals surface area contributed by atoms with Crippen LogP contribution in [0.4, 0.5) is 28.4 Å². The summed E-state index contributed by atoms with van der Waals surface area (Å²) < 4.78 is 0. The summed E-state index contributed by atoms with van der Waals surface area (Å²) in [5, 5.41) is 0. The molecule has 72 heavy (non-hydrogen) atoms. The molecule has 0 saturated heterocycles. The summed E-state index contributed by atoms with van der Waals surface area (Å²) in [6.45, 7) is 33.4. The van der Waals surface area contributed by atoms with E-state index in [0.717, 1.165) is 12.8 Å². The van der Waals surface area contributed by atoms with Crippen molar-refractivity contribution in [1.29, 1.82) is 0 Å². The van der Waals surface area contributed by atoms with Crippen LogP contribution in [0.5, 0.6) is 0 Å². The molecule has 2 aliphatic heterocycles. The fourth-order valence-electron chi connectivity index (χ4n) is 13.5. The molecule has 2 aliphatic carbocycles. The average Bonchev–Trinajstić information content (AvgIpc) is 3.58. The minimum Gasteiger partial charge on any atom is -0.376 e. The Morgan fingerprint density at radius 1 is 0.458 bits per heavy atom. The van der Waals surface area contributed by atoms with E-state index in [9.17, 15) is 0 Å². The Hall–Kier alpha value is -6.58. The number of rotatable bonds is 4. The molecule has 2 heterocycles. The molecule has 0 bridgehead atoms. The lowest BCUT2D eigenvalue weighted by atomic mass is 9.42. The van der Waals surface area contributed by atoms with Crippen molar-refractivity contribution in [3.05, 3.63) is 196 Å². The second kappa shape index (κ2) is 15.7. The molecular weight excluding hydrogens is 868 g/mol. The van der Waals surface area contributed by atoms with E-state index in [1.807, 2.05) is 0 Å². The van der Waals surface area contributed by atoms with Crippen molar-refractivity contribution in [3.63, 3.8) is 0 Å². The van der Waals surface area contributed by atoms with E-state index in [4.69, 9.17) is 0 Å². The maximum atomic E-state index is 2.77. The third-order valence-corrected chi connectivity index (χ3v) is 17.7. The topological polar surface area (TPSA) is 6.48 Å². The van der Waals surface area contributed by atoms with Crippen LogP contribution in [0.15, 0.2) is 152 Å². The molecule has 0 aromatic heterocycles. The monoisotopic (exact) mass is 939 g/mol. The highest BCUT2D eigenvalue weighted by Gasteiger charge is 2.51. The molecule has 0 fully saturated rings. The standard InChI is InChI=1S/C69H71BN2/c1-42-21-20-22-43(2)61(42)45-37-53-52-40-55-56(68(11,12)36-35-67(55,9)10)41-59(52)72(48-30-27-46(28-31-48)65(3,4)5)70-57-33-32-50-49-25-18-19-26-54(49)69(13,14)62(50)64(57)71(60(38-45)63(53)70)58-34-29-47(66(6,7)8)39-51(58)44-23-16-15-17-24-44/h15-34,37-41H,35-36H2,1-14H3. The Morgan fingerprint density at radius 2 is 1.08 bits per heavy atom. The molecule has 360 valence electrons. The van der Waals surface area contributed by atoms with Gasteiger partial charge in [0.05, 0.1) is 5.69 Å². The van der Waals surface area contributed by atoms with Crippen LogP contribution in [0, 0.1) is 13.8 Å². The van der Waals surface area contributed by atoms with E-state index in [0.29, 0.717) is 0 Å². The van der Waals surface area contributed by atoms with Gasteiger partial charge in [-0.05, 0) is 186 Å². The second-order valence-corrected chi connectivity index (χ2v) is 25.8. The van der Waals surface area contributed by atoms with Gasteiger partial charge >= 0.3 is 6.85 Å². The SMILES string of the molecule is Cc1cccc(C)c1-c1cc2c3c(c1)N(c1ccc(C(C)(C)C)cc1-c1ccccc1)c1c(ccc4c1C(C)(C)c1ccccc1-4)B3N(c1ccc(C(C)(C)C)cc1)c1cc3c(cc1-2)C(C)(C)CCC3(C)C. The lowest BCUT2D eigenvalue weighted by molar-refractivity contribution is 0.332. The van der Waals surface area contributed by atoms with Gasteiger partial charge in [0, 0.05) is 39.3 Å². The predicted octanol–water partition coefficient (Wildman–Crippen LogP) is 17.6. The summed E-state index contributed by atoms with van der Waals surface area (Å²) in [6, 6.07) is 59.6. The number of fused-ring (bicyclic) bond motifs is 9. The van der Waals surface area contributed by atoms with E-state index in [1.54, 1.807) is 0 Å². The summed E-state index contributed by atoms with van der Waals surface area (Å²) in [5.41, 5.74) is 30.1. The van der Waals surface area contributed by atoms with Crippen molar-refractivity contribution in [1.82, 2.24) is 0 Å². The number of nitrogens with zero attached hydrogens (tertiary/aromatic N) is 2. The van der Waals surface area contributed by atoms with Gasteiger partial charge in [0.1, 0.15) is 0 Å². The normalized spacial score (nSPS) is 16.6. The first kappa shape index (κ1) is 46.5. The van der Waals surface area contributed by atoms with Crippen molar-refractivity contribution in [2.75, 3.05) is 9.71 Å². The van der Waals surface area contributed by atoms with Crippen molar-refractivity contribution in [2.45, 2.75) is 137 Å². The summed E-state index contributed by atoms with van der Waals surface area (Å²) in [7, 11) is 0. The van der Waals surface area contributed by atoms with Crippen LogP contribution in [0.25, 0.3) is 44.5 Å². The summed E-state index contributed by atoms with van der Waals surface area (Å²) in [5.74, 6) is 0. The highest BCUT2D eigenvalue weighted by molar-refractivity contribution is 6.93. The van der Waals surface area contributed by atoms with Crippen LogP contribution in [0.2, 0.25) is 0 Å². The lowest BCUT2D eigenvalue weighted by Gasteiger charge is -2.49. The second-order valence-electron chi connectivity index (χ2n) is 25.8. The van der Waals surface area contributed by atoms with Gasteiger partial charge < -0.3 is 9.71 Å². The zero-order valence-corrected chi connectivity index (χ0v) is 45.3. The van der Waals surface area contributed by atoms with Gasteiger partial charge in [-0.2, -0.15) is 0 Å². The smallest absolute Gasteiger partial charge is 0.333 e. The van der Waals surface area contributed by atoms with Crippen molar-refractivity contribution in [3.8, 4) is 44.5 Å². The molecule has 2 nitrogen and oxygen atoms in total. The van der Waals surface area contributed by atoms with Gasteiger partial charge in [0.15, 0.2) is 0 Å². The first-order valence-electron chi connectivity index (χ1n) is 26.7. The van der Waals surface area contributed by atoms with Gasteiger partial charge in [0.2, 0.25) is 0 Å². The predicted molar refractivity (Wildman–Crippen MR) is 311 cm³/mol. The molecule has 0 atom stereocenters. The Labute approximate surface area is 431 Å². The molecule has 3 heteroatoms. The van der Waals surface area contributed by atoms with Gasteiger partial charge in [-0.1, -0.05) is 186 Å². The maximum Gasteiger partial charge on any atom is 0.333 e. The molecule has 0 N–H and O–H groups in total. The molecule has 0 spiro atoms. The fourth-order valence-corrected chi connectivity index (χ4v) is 13.5. The number of aryl methyl sites for hydroxylation is 2. The van der Waals surface area contributed by atoms with Crippen LogP contribution in [-0.4, -0.2) is 6.85 Å². The zero-order chi connectivity index (χ0) is 50.6. The van der Waals surface area contributed by atoms with Crippen molar-refractivity contribution >= 4 is 46.2 Å². The van der Waals surface area contributed by atoms with Gasteiger partial charge in [-0.25, -0.2) is 0 Å². The van der Waals surface area contributed by atoms with Gasteiger partial charge in [-0.15, -0.1) is 0 Å². The van der Waals surface area contributed by atoms with Crippen molar-refractivity contribution in [2.24, 2.45) is 0 Å². The van der Waals surface area contributed by atoms with Gasteiger partial charge in [0.25, 0.3) is 0 Å². The molecule has 12 rings (SSSR count). The van der Waals surface area contributed by atoms with E-state index in [1.165, 1.54) is 128 Å². The Balaban J connectivity index is 1.29. The number of benzene rings is 8. The molecular formula is C69H71BN2. The van der Waals surface area contributed by atoms with E-state index >= 15 is 0 Å².